The molecule has 0 aliphatic heterocycles. The van der Waals surface area contributed by atoms with Crippen molar-refractivity contribution in [2.75, 3.05) is 5.73 Å². The van der Waals surface area contributed by atoms with Crippen molar-refractivity contribution in [3.05, 3.63) is 36.2 Å². The first kappa shape index (κ1) is 10.7. The smallest absolute Gasteiger partial charge is 0.0702 e. The largest absolute Gasteiger partial charge is 0.399 e. The van der Waals surface area contributed by atoms with E-state index in [-0.39, 0.29) is 0 Å². The number of anilines is 1. The number of nitrogens with zero attached hydrogens (tertiary/aromatic N) is 2. The van der Waals surface area contributed by atoms with Crippen LogP contribution in [0.3, 0.4) is 0 Å². The summed E-state index contributed by atoms with van der Waals surface area (Å²) in [6.45, 7) is 2.17. The molecule has 0 aliphatic rings. The quantitative estimate of drug-likeness (QED) is 0.800. The van der Waals surface area contributed by atoms with Crippen molar-refractivity contribution in [1.82, 2.24) is 9.78 Å². The average Bonchev–Trinajstić information content (AvgIpc) is 2.61. The molecule has 0 fully saturated rings. The molecule has 0 unspecified atom stereocenters. The summed E-state index contributed by atoms with van der Waals surface area (Å²) < 4.78 is 1.87. The van der Waals surface area contributed by atoms with Crippen molar-refractivity contribution in [2.24, 2.45) is 7.05 Å². The van der Waals surface area contributed by atoms with Crippen LogP contribution in [0.2, 0.25) is 0 Å². The van der Waals surface area contributed by atoms with Crippen LogP contribution in [-0.2, 0) is 13.5 Å². The fraction of sp³-hybridized carbons (Fsp3) is 0.308. The van der Waals surface area contributed by atoms with Crippen LogP contribution in [0.5, 0.6) is 0 Å². The van der Waals surface area contributed by atoms with Crippen LogP contribution < -0.4 is 5.73 Å². The zero-order valence-electron chi connectivity index (χ0n) is 9.77. The van der Waals surface area contributed by atoms with E-state index in [1.54, 1.807) is 0 Å². The Balaban J connectivity index is 2.42. The van der Waals surface area contributed by atoms with Crippen molar-refractivity contribution in [3.8, 4) is 11.1 Å². The van der Waals surface area contributed by atoms with Gasteiger partial charge in [0.25, 0.3) is 0 Å². The van der Waals surface area contributed by atoms with Crippen molar-refractivity contribution >= 4 is 5.69 Å². The van der Waals surface area contributed by atoms with E-state index in [9.17, 15) is 0 Å². The van der Waals surface area contributed by atoms with Gasteiger partial charge in [-0.25, -0.2) is 0 Å². The first-order chi connectivity index (χ1) is 7.70. The topological polar surface area (TPSA) is 43.8 Å². The molecule has 3 heteroatoms. The van der Waals surface area contributed by atoms with Gasteiger partial charge < -0.3 is 5.73 Å². The lowest BCUT2D eigenvalue weighted by atomic mass is 10.0. The minimum atomic E-state index is 0.796. The predicted molar refractivity (Wildman–Crippen MR) is 67.1 cm³/mol. The minimum Gasteiger partial charge on any atom is -0.399 e. The number of hydrogen-bond donors (Lipinski definition) is 1. The molecule has 3 nitrogen and oxygen atoms in total. The van der Waals surface area contributed by atoms with E-state index in [4.69, 9.17) is 5.73 Å². The molecular weight excluding hydrogens is 198 g/mol. The Morgan fingerprint density at radius 3 is 2.56 bits per heavy atom. The molecule has 1 aromatic carbocycles. The number of benzene rings is 1. The highest BCUT2D eigenvalue weighted by atomic mass is 15.2. The lowest BCUT2D eigenvalue weighted by Crippen LogP contribution is -1.91. The molecule has 0 atom stereocenters. The number of hydrogen-bond acceptors (Lipinski definition) is 2. The van der Waals surface area contributed by atoms with Gasteiger partial charge in [0, 0.05) is 24.5 Å². The highest BCUT2D eigenvalue weighted by Crippen LogP contribution is 2.24. The Morgan fingerprint density at radius 2 is 1.94 bits per heavy atom. The van der Waals surface area contributed by atoms with Gasteiger partial charge in [0.2, 0.25) is 0 Å². The molecule has 16 heavy (non-hydrogen) atoms. The first-order valence-electron chi connectivity index (χ1n) is 5.59. The third kappa shape index (κ3) is 2.08. The van der Waals surface area contributed by atoms with Crippen molar-refractivity contribution in [3.63, 3.8) is 0 Å². The van der Waals surface area contributed by atoms with Crippen LogP contribution in [0.15, 0.2) is 30.5 Å². The second kappa shape index (κ2) is 4.39. The van der Waals surface area contributed by atoms with Crippen LogP contribution in [0.1, 0.15) is 19.0 Å². The fourth-order valence-electron chi connectivity index (χ4n) is 1.86. The highest BCUT2D eigenvalue weighted by molar-refractivity contribution is 5.67. The average molecular weight is 215 g/mol. The molecule has 0 saturated carbocycles. The standard InChI is InChI=1S/C13H17N3/c1-3-4-13-12(9-16(2)15-13)10-5-7-11(14)8-6-10/h5-9H,3-4,14H2,1-2H3. The van der Waals surface area contributed by atoms with Gasteiger partial charge in [-0.05, 0) is 24.1 Å². The van der Waals surface area contributed by atoms with Gasteiger partial charge in [0.05, 0.1) is 5.69 Å². The second-order valence-corrected chi connectivity index (χ2v) is 4.04. The van der Waals surface area contributed by atoms with Gasteiger partial charge in [-0.1, -0.05) is 25.5 Å². The molecule has 0 aliphatic carbocycles. The van der Waals surface area contributed by atoms with Crippen LogP contribution >= 0.6 is 0 Å². The summed E-state index contributed by atoms with van der Waals surface area (Å²) in [4.78, 5) is 0. The SMILES string of the molecule is CCCc1nn(C)cc1-c1ccc(N)cc1. The molecule has 0 radical (unpaired) electrons. The van der Waals surface area contributed by atoms with Gasteiger partial charge >= 0.3 is 0 Å². The summed E-state index contributed by atoms with van der Waals surface area (Å²) in [5.74, 6) is 0. The van der Waals surface area contributed by atoms with E-state index in [2.05, 4.69) is 18.2 Å². The Bertz CT molecular complexity index is 468. The Kier molecular flexibility index (Phi) is 2.95. The maximum atomic E-state index is 5.69. The molecule has 0 bridgehead atoms. The normalized spacial score (nSPS) is 10.6. The number of nitrogen functional groups attached to an aromatic ring is 1. The van der Waals surface area contributed by atoms with Gasteiger partial charge in [-0.2, -0.15) is 5.10 Å². The fourth-order valence-corrected chi connectivity index (χ4v) is 1.86. The summed E-state index contributed by atoms with van der Waals surface area (Å²) >= 11 is 0. The van der Waals surface area contributed by atoms with Crippen LogP contribution in [-0.4, -0.2) is 9.78 Å². The van der Waals surface area contributed by atoms with Crippen molar-refractivity contribution in [2.45, 2.75) is 19.8 Å². The number of aryl methyl sites for hydroxylation is 2. The van der Waals surface area contributed by atoms with E-state index in [0.717, 1.165) is 24.2 Å². The lowest BCUT2D eigenvalue weighted by molar-refractivity contribution is 0.733. The molecule has 0 spiro atoms. The maximum absolute atomic E-state index is 5.69. The van der Waals surface area contributed by atoms with E-state index in [0.29, 0.717) is 0 Å². The van der Waals surface area contributed by atoms with Crippen LogP contribution in [0, 0.1) is 0 Å². The van der Waals surface area contributed by atoms with Gasteiger partial charge in [0.15, 0.2) is 0 Å². The summed E-state index contributed by atoms with van der Waals surface area (Å²) in [5.41, 5.74) is 10.0. The molecule has 0 amide bonds. The minimum absolute atomic E-state index is 0.796. The third-order valence-electron chi connectivity index (χ3n) is 2.61. The van der Waals surface area contributed by atoms with Gasteiger partial charge in [0.1, 0.15) is 0 Å². The third-order valence-corrected chi connectivity index (χ3v) is 2.61. The van der Waals surface area contributed by atoms with Crippen molar-refractivity contribution in [1.29, 1.82) is 0 Å². The van der Waals surface area contributed by atoms with Crippen LogP contribution in [0.25, 0.3) is 11.1 Å². The maximum Gasteiger partial charge on any atom is 0.0702 e. The number of rotatable bonds is 3. The lowest BCUT2D eigenvalue weighted by Gasteiger charge is -2.01. The molecule has 2 rings (SSSR count). The number of nitrogens with two attached hydrogens (primary N) is 1. The Morgan fingerprint density at radius 1 is 1.25 bits per heavy atom. The summed E-state index contributed by atoms with van der Waals surface area (Å²) in [6.07, 6.45) is 4.19. The predicted octanol–water partition coefficient (Wildman–Crippen LogP) is 2.62. The molecule has 1 aromatic heterocycles. The summed E-state index contributed by atoms with van der Waals surface area (Å²) in [5, 5.41) is 4.48. The van der Waals surface area contributed by atoms with E-state index in [1.807, 2.05) is 36.0 Å². The molecule has 2 N–H and O–H groups in total. The number of aromatic nitrogens is 2. The van der Waals surface area contributed by atoms with Gasteiger partial charge in [-0.15, -0.1) is 0 Å². The summed E-state index contributed by atoms with van der Waals surface area (Å²) in [6, 6.07) is 7.95. The molecule has 2 aromatic rings. The van der Waals surface area contributed by atoms with Gasteiger partial charge in [-0.3, -0.25) is 4.68 Å². The first-order valence-corrected chi connectivity index (χ1v) is 5.59. The van der Waals surface area contributed by atoms with E-state index in [1.165, 1.54) is 11.1 Å². The second-order valence-electron chi connectivity index (χ2n) is 4.04. The van der Waals surface area contributed by atoms with Crippen LogP contribution in [0.4, 0.5) is 5.69 Å². The van der Waals surface area contributed by atoms with E-state index < -0.39 is 0 Å². The molecule has 84 valence electrons. The van der Waals surface area contributed by atoms with Crippen molar-refractivity contribution < 1.29 is 0 Å². The Labute approximate surface area is 95.9 Å². The molecular formula is C13H17N3. The molecule has 0 saturated heterocycles. The highest BCUT2D eigenvalue weighted by Gasteiger charge is 2.08. The monoisotopic (exact) mass is 215 g/mol. The zero-order chi connectivity index (χ0) is 11.5. The zero-order valence-corrected chi connectivity index (χ0v) is 9.77. The Hall–Kier alpha value is -1.77. The van der Waals surface area contributed by atoms with E-state index >= 15 is 0 Å². The molecule has 1 heterocycles. The summed E-state index contributed by atoms with van der Waals surface area (Å²) in [7, 11) is 1.96.